The maximum Gasteiger partial charge on any atom is 0.262 e. The van der Waals surface area contributed by atoms with Gasteiger partial charge >= 0.3 is 0 Å². The molecule has 162 valence electrons. The lowest BCUT2D eigenvalue weighted by molar-refractivity contribution is -0.122. The topological polar surface area (TPSA) is 73.2 Å². The van der Waals surface area contributed by atoms with Gasteiger partial charge in [-0.2, -0.15) is 0 Å². The summed E-state index contributed by atoms with van der Waals surface area (Å²) in [6, 6.07) is 7.91. The maximum atomic E-state index is 13.1. The number of aromatic nitrogens is 2. The molecule has 1 saturated carbocycles. The number of amides is 1. The minimum Gasteiger partial charge on any atom is -0.497 e. The van der Waals surface area contributed by atoms with Crippen molar-refractivity contribution in [3.05, 3.63) is 57.0 Å². The second-order valence-corrected chi connectivity index (χ2v) is 9.62. The van der Waals surface area contributed by atoms with Gasteiger partial charge in [-0.25, -0.2) is 4.98 Å². The maximum absolute atomic E-state index is 13.1. The first-order chi connectivity index (χ1) is 15.1. The van der Waals surface area contributed by atoms with Crippen LogP contribution < -0.4 is 15.6 Å². The number of hydrogen-bond donors (Lipinski definition) is 1. The van der Waals surface area contributed by atoms with Crippen LogP contribution in [0.5, 0.6) is 5.75 Å². The third-order valence-corrected chi connectivity index (χ3v) is 7.61. The van der Waals surface area contributed by atoms with Crippen molar-refractivity contribution in [2.45, 2.75) is 57.5 Å². The predicted molar refractivity (Wildman–Crippen MR) is 122 cm³/mol. The van der Waals surface area contributed by atoms with Gasteiger partial charge in [0, 0.05) is 17.8 Å². The highest BCUT2D eigenvalue weighted by molar-refractivity contribution is 7.18. The van der Waals surface area contributed by atoms with Crippen molar-refractivity contribution in [2.24, 2.45) is 5.92 Å². The Hall–Kier alpha value is -2.67. The zero-order valence-electron chi connectivity index (χ0n) is 17.7. The smallest absolute Gasteiger partial charge is 0.262 e. The molecule has 2 aliphatic carbocycles. The van der Waals surface area contributed by atoms with Crippen LogP contribution in [0.4, 0.5) is 0 Å². The highest BCUT2D eigenvalue weighted by atomic mass is 32.1. The highest BCUT2D eigenvalue weighted by Crippen LogP contribution is 2.41. The van der Waals surface area contributed by atoms with Gasteiger partial charge in [0.25, 0.3) is 5.56 Å². The molecule has 0 radical (unpaired) electrons. The third kappa shape index (κ3) is 4.11. The molecule has 1 fully saturated rings. The molecule has 1 atom stereocenters. The number of hydrogen-bond acceptors (Lipinski definition) is 5. The molecule has 0 saturated heterocycles. The van der Waals surface area contributed by atoms with E-state index in [1.165, 1.54) is 16.9 Å². The number of benzene rings is 1. The van der Waals surface area contributed by atoms with Crippen LogP contribution >= 0.6 is 11.3 Å². The molecule has 7 heteroatoms. The summed E-state index contributed by atoms with van der Waals surface area (Å²) < 4.78 is 6.84. The van der Waals surface area contributed by atoms with E-state index < -0.39 is 0 Å². The standard InChI is InChI=1S/C24H27N3O3S/c1-30-17-10-8-16(9-11-17)22(15-6-7-15)26-20(28)12-13-27-14-25-23-21(24(27)29)18-4-2-3-5-19(18)31-23/h8-11,14-15,22H,2-7,12-13H2,1H3,(H,26,28). The summed E-state index contributed by atoms with van der Waals surface area (Å²) in [4.78, 5) is 32.5. The molecule has 1 amide bonds. The van der Waals surface area contributed by atoms with Gasteiger partial charge in [0.05, 0.1) is 24.9 Å². The first kappa shape index (κ1) is 20.2. The molecule has 2 heterocycles. The van der Waals surface area contributed by atoms with Crippen LogP contribution in [0.15, 0.2) is 35.4 Å². The van der Waals surface area contributed by atoms with Gasteiger partial charge in [0.15, 0.2) is 0 Å². The lowest BCUT2D eigenvalue weighted by Gasteiger charge is -2.19. The minimum absolute atomic E-state index is 0.00824. The molecule has 6 nitrogen and oxygen atoms in total. The van der Waals surface area contributed by atoms with E-state index in [0.717, 1.165) is 53.6 Å². The summed E-state index contributed by atoms with van der Waals surface area (Å²) >= 11 is 1.65. The Bertz CT molecular complexity index is 1160. The van der Waals surface area contributed by atoms with Crippen molar-refractivity contribution in [1.29, 1.82) is 0 Å². The average molecular weight is 438 g/mol. The first-order valence-corrected chi connectivity index (χ1v) is 11.9. The fourth-order valence-corrected chi connectivity index (χ4v) is 5.74. The van der Waals surface area contributed by atoms with Gasteiger partial charge in [-0.15, -0.1) is 11.3 Å². The number of thiophene rings is 1. The molecule has 1 aromatic carbocycles. The number of carbonyl (C=O) groups excluding carboxylic acids is 1. The summed E-state index contributed by atoms with van der Waals surface area (Å²) in [6.07, 6.45) is 8.43. The summed E-state index contributed by atoms with van der Waals surface area (Å²) in [7, 11) is 1.65. The molecular formula is C24H27N3O3S. The quantitative estimate of drug-likeness (QED) is 0.606. The first-order valence-electron chi connectivity index (χ1n) is 11.1. The number of nitrogens with zero attached hydrogens (tertiary/aromatic N) is 2. The fourth-order valence-electron chi connectivity index (χ4n) is 4.52. The van der Waals surface area contributed by atoms with Crippen molar-refractivity contribution in [3.63, 3.8) is 0 Å². The van der Waals surface area contributed by atoms with E-state index in [2.05, 4.69) is 10.3 Å². The number of methoxy groups -OCH3 is 1. The van der Waals surface area contributed by atoms with Crippen LogP contribution in [0.3, 0.4) is 0 Å². The molecule has 1 N–H and O–H groups in total. The molecular weight excluding hydrogens is 410 g/mol. The van der Waals surface area contributed by atoms with Crippen molar-refractivity contribution in [3.8, 4) is 5.75 Å². The van der Waals surface area contributed by atoms with Gasteiger partial charge in [0.2, 0.25) is 5.91 Å². The van der Waals surface area contributed by atoms with Gasteiger partial charge in [-0.05, 0) is 67.7 Å². The number of nitrogens with one attached hydrogen (secondary N) is 1. The van der Waals surface area contributed by atoms with Crippen LogP contribution in [0.2, 0.25) is 0 Å². The van der Waals surface area contributed by atoms with Gasteiger partial charge in [-0.1, -0.05) is 12.1 Å². The zero-order chi connectivity index (χ0) is 21.4. The van der Waals surface area contributed by atoms with Crippen LogP contribution in [0, 0.1) is 5.92 Å². The van der Waals surface area contributed by atoms with Crippen LogP contribution in [-0.4, -0.2) is 22.6 Å². The Labute approximate surface area is 185 Å². The SMILES string of the molecule is COc1ccc(C(NC(=O)CCn2cnc3sc4c(c3c2=O)CCCC4)C2CC2)cc1. The van der Waals surface area contributed by atoms with E-state index in [1.54, 1.807) is 29.3 Å². The lowest BCUT2D eigenvalue weighted by atomic mass is 9.97. The average Bonchev–Trinajstić information content (AvgIpc) is 3.56. The van der Waals surface area contributed by atoms with Gasteiger partial charge < -0.3 is 10.1 Å². The molecule has 3 aromatic rings. The van der Waals surface area contributed by atoms with Crippen LogP contribution in [0.1, 0.15) is 54.1 Å². The summed E-state index contributed by atoms with van der Waals surface area (Å²) in [5.74, 6) is 1.25. The summed E-state index contributed by atoms with van der Waals surface area (Å²) in [5.41, 5.74) is 2.28. The Morgan fingerprint density at radius 3 is 2.77 bits per heavy atom. The zero-order valence-corrected chi connectivity index (χ0v) is 18.5. The number of ether oxygens (including phenoxy) is 1. The largest absolute Gasteiger partial charge is 0.497 e. The van der Waals surface area contributed by atoms with Crippen molar-refractivity contribution >= 4 is 27.5 Å². The Morgan fingerprint density at radius 2 is 2.03 bits per heavy atom. The van der Waals surface area contributed by atoms with Crippen molar-refractivity contribution in [1.82, 2.24) is 14.9 Å². The molecule has 2 aromatic heterocycles. The van der Waals surface area contributed by atoms with Gasteiger partial charge in [-0.3, -0.25) is 14.2 Å². The summed E-state index contributed by atoms with van der Waals surface area (Å²) in [6.45, 7) is 0.345. The number of carbonyl (C=O) groups is 1. The van der Waals surface area contributed by atoms with Crippen molar-refractivity contribution < 1.29 is 9.53 Å². The van der Waals surface area contributed by atoms with E-state index in [-0.39, 0.29) is 23.9 Å². The fraction of sp³-hybridized carbons (Fsp3) is 0.458. The Balaban J connectivity index is 1.29. The van der Waals surface area contributed by atoms with E-state index in [1.807, 2.05) is 24.3 Å². The van der Waals surface area contributed by atoms with Crippen LogP contribution in [0.25, 0.3) is 10.2 Å². The minimum atomic E-state index is -0.0351. The third-order valence-electron chi connectivity index (χ3n) is 6.41. The molecule has 5 rings (SSSR count). The number of rotatable bonds is 7. The van der Waals surface area contributed by atoms with Gasteiger partial charge in [0.1, 0.15) is 10.6 Å². The van der Waals surface area contributed by atoms with E-state index in [0.29, 0.717) is 12.5 Å². The van der Waals surface area contributed by atoms with Crippen LogP contribution in [-0.2, 0) is 24.2 Å². The molecule has 31 heavy (non-hydrogen) atoms. The van der Waals surface area contributed by atoms with E-state index >= 15 is 0 Å². The normalized spacial score (nSPS) is 16.7. The lowest BCUT2D eigenvalue weighted by Crippen LogP contribution is -2.31. The van der Waals surface area contributed by atoms with E-state index in [9.17, 15) is 9.59 Å². The second kappa shape index (κ2) is 8.46. The molecule has 0 spiro atoms. The highest BCUT2D eigenvalue weighted by Gasteiger charge is 2.33. The molecule has 0 aliphatic heterocycles. The van der Waals surface area contributed by atoms with E-state index in [4.69, 9.17) is 4.74 Å². The second-order valence-electron chi connectivity index (χ2n) is 8.54. The number of aryl methyl sites for hydroxylation is 3. The summed E-state index contributed by atoms with van der Waals surface area (Å²) in [5, 5.41) is 3.97. The molecule has 2 aliphatic rings. The van der Waals surface area contributed by atoms with Crippen molar-refractivity contribution in [2.75, 3.05) is 7.11 Å². The predicted octanol–water partition coefficient (Wildman–Crippen LogP) is 4.00. The Kier molecular flexibility index (Phi) is 5.52. The monoisotopic (exact) mass is 437 g/mol. The Morgan fingerprint density at radius 1 is 1.26 bits per heavy atom. The number of fused-ring (bicyclic) bond motifs is 3. The molecule has 1 unspecified atom stereocenters. The molecule has 0 bridgehead atoms.